The molecule has 14 heavy (non-hydrogen) atoms. The van der Waals surface area contributed by atoms with Crippen LogP contribution in [-0.2, 0) is 4.84 Å². The minimum Gasteiger partial charge on any atom is -0.401 e. The number of nitrogens with zero attached hydrogens (tertiary/aromatic N) is 1. The fraction of sp³-hybridized carbons (Fsp3) is 0.778. The molecule has 5 nitrogen and oxygen atoms in total. The van der Waals surface area contributed by atoms with Crippen LogP contribution >= 0.6 is 0 Å². The Morgan fingerprint density at radius 3 is 2.57 bits per heavy atom. The summed E-state index contributed by atoms with van der Waals surface area (Å²) in [4.78, 5) is 5.12. The van der Waals surface area contributed by atoms with E-state index < -0.39 is 0 Å². The van der Waals surface area contributed by atoms with Gasteiger partial charge in [0, 0.05) is 30.9 Å². The summed E-state index contributed by atoms with van der Waals surface area (Å²) < 4.78 is 0. The molecule has 0 bridgehead atoms. The van der Waals surface area contributed by atoms with Gasteiger partial charge in [-0.05, 0) is 6.92 Å². The first-order chi connectivity index (χ1) is 6.37. The van der Waals surface area contributed by atoms with Gasteiger partial charge in [-0.1, -0.05) is 13.8 Å². The number of hydrogen-bond donors (Lipinski definition) is 3. The maximum absolute atomic E-state index is 5.73. The van der Waals surface area contributed by atoms with E-state index >= 15 is 0 Å². The fourth-order valence-electron chi connectivity index (χ4n) is 1.11. The molecule has 0 spiro atoms. The molecule has 0 unspecified atom stereocenters. The summed E-state index contributed by atoms with van der Waals surface area (Å²) in [6.07, 6.45) is 1.71. The van der Waals surface area contributed by atoms with E-state index in [4.69, 9.17) is 16.4 Å². The molecule has 0 rings (SSSR count). The largest absolute Gasteiger partial charge is 0.401 e. The molecule has 84 valence electrons. The molecule has 0 aliphatic rings. The maximum Gasteiger partial charge on any atom is 0.0750 e. The van der Waals surface area contributed by atoms with E-state index in [1.807, 2.05) is 0 Å². The van der Waals surface area contributed by atoms with Crippen LogP contribution < -0.4 is 17.1 Å². The minimum atomic E-state index is -0.0241. The van der Waals surface area contributed by atoms with Crippen molar-refractivity contribution in [2.75, 3.05) is 20.2 Å². The standard InChI is InChI=1S/C9H22N4O/c1-8(10)5-13(11)6-9(2,3)7-14-12-4/h5,12H,6-7,10-11H2,1-4H3/b8-5-. The van der Waals surface area contributed by atoms with Gasteiger partial charge in [-0.25, -0.2) is 11.3 Å². The Balaban J connectivity index is 4.01. The number of nitrogens with two attached hydrogens (primary N) is 2. The quantitative estimate of drug-likeness (QED) is 0.422. The number of hydrazine groups is 1. The predicted octanol–water partition coefficient (Wildman–Crippen LogP) is 0.159. The molecule has 0 aromatic rings. The van der Waals surface area contributed by atoms with Crippen molar-refractivity contribution in [3.63, 3.8) is 0 Å². The van der Waals surface area contributed by atoms with Crippen LogP contribution in [0.2, 0.25) is 0 Å². The van der Waals surface area contributed by atoms with Gasteiger partial charge in [0.15, 0.2) is 0 Å². The Bertz CT molecular complexity index is 187. The zero-order valence-electron chi connectivity index (χ0n) is 9.50. The zero-order chi connectivity index (χ0) is 11.2. The summed E-state index contributed by atoms with van der Waals surface area (Å²) in [6, 6.07) is 0. The van der Waals surface area contributed by atoms with E-state index in [-0.39, 0.29) is 5.41 Å². The SMILES string of the molecule is CNOCC(C)(C)CN(N)/C=C(/C)N. The number of hydrogen-bond acceptors (Lipinski definition) is 5. The Kier molecular flexibility index (Phi) is 5.52. The van der Waals surface area contributed by atoms with Crippen molar-refractivity contribution in [3.05, 3.63) is 11.9 Å². The Morgan fingerprint density at radius 2 is 2.14 bits per heavy atom. The molecular weight excluding hydrogens is 180 g/mol. The van der Waals surface area contributed by atoms with Crippen LogP contribution in [0.1, 0.15) is 20.8 Å². The summed E-state index contributed by atoms with van der Waals surface area (Å²) in [6.45, 7) is 7.22. The van der Waals surface area contributed by atoms with Crippen LogP contribution in [0.5, 0.6) is 0 Å². The third-order valence-electron chi connectivity index (χ3n) is 1.59. The topological polar surface area (TPSA) is 76.5 Å². The molecule has 0 fully saturated rings. The monoisotopic (exact) mass is 202 g/mol. The van der Waals surface area contributed by atoms with E-state index in [1.165, 1.54) is 0 Å². The number of nitrogens with one attached hydrogen (secondary N) is 1. The van der Waals surface area contributed by atoms with E-state index in [0.29, 0.717) is 18.8 Å². The molecule has 0 atom stereocenters. The van der Waals surface area contributed by atoms with Crippen molar-refractivity contribution in [3.8, 4) is 0 Å². The van der Waals surface area contributed by atoms with Crippen molar-refractivity contribution in [2.45, 2.75) is 20.8 Å². The highest BCUT2D eigenvalue weighted by atomic mass is 16.6. The van der Waals surface area contributed by atoms with Crippen molar-refractivity contribution in [1.29, 1.82) is 0 Å². The lowest BCUT2D eigenvalue weighted by Crippen LogP contribution is -2.39. The third-order valence-corrected chi connectivity index (χ3v) is 1.59. The highest BCUT2D eigenvalue weighted by Gasteiger charge is 2.20. The minimum absolute atomic E-state index is 0.0241. The molecule has 5 N–H and O–H groups in total. The average molecular weight is 202 g/mol. The van der Waals surface area contributed by atoms with Crippen molar-refractivity contribution < 1.29 is 4.84 Å². The van der Waals surface area contributed by atoms with Crippen molar-refractivity contribution in [1.82, 2.24) is 10.5 Å². The summed E-state index contributed by atoms with van der Waals surface area (Å²) >= 11 is 0. The number of hydroxylamine groups is 1. The number of rotatable bonds is 6. The van der Waals surface area contributed by atoms with Crippen LogP contribution in [0.25, 0.3) is 0 Å². The molecule has 0 saturated heterocycles. The Morgan fingerprint density at radius 1 is 1.57 bits per heavy atom. The van der Waals surface area contributed by atoms with Crippen LogP contribution in [0.3, 0.4) is 0 Å². The highest BCUT2D eigenvalue weighted by Crippen LogP contribution is 2.15. The van der Waals surface area contributed by atoms with Gasteiger partial charge in [0.25, 0.3) is 0 Å². The van der Waals surface area contributed by atoms with Gasteiger partial charge < -0.3 is 15.6 Å². The third kappa shape index (κ3) is 6.71. The summed E-state index contributed by atoms with van der Waals surface area (Å²) in [7, 11) is 1.74. The molecule has 0 amide bonds. The van der Waals surface area contributed by atoms with E-state index in [0.717, 1.165) is 0 Å². The first-order valence-electron chi connectivity index (χ1n) is 4.61. The molecule has 0 aromatic heterocycles. The van der Waals surface area contributed by atoms with E-state index in [2.05, 4.69) is 19.3 Å². The van der Waals surface area contributed by atoms with Gasteiger partial charge in [0.1, 0.15) is 0 Å². The lowest BCUT2D eigenvalue weighted by atomic mass is 9.95. The lowest BCUT2D eigenvalue weighted by molar-refractivity contribution is -0.00496. The van der Waals surface area contributed by atoms with Crippen molar-refractivity contribution >= 4 is 0 Å². The average Bonchev–Trinajstić information content (AvgIpc) is 1.98. The van der Waals surface area contributed by atoms with Crippen LogP contribution in [0, 0.1) is 5.41 Å². The van der Waals surface area contributed by atoms with Crippen LogP contribution in [-0.4, -0.2) is 25.2 Å². The highest BCUT2D eigenvalue weighted by molar-refractivity contribution is 4.90. The van der Waals surface area contributed by atoms with Crippen molar-refractivity contribution in [2.24, 2.45) is 17.0 Å². The smallest absolute Gasteiger partial charge is 0.0750 e. The van der Waals surface area contributed by atoms with Gasteiger partial charge >= 0.3 is 0 Å². The molecular formula is C9H22N4O. The second kappa shape index (κ2) is 5.85. The van der Waals surface area contributed by atoms with Gasteiger partial charge in [-0.3, -0.25) is 0 Å². The number of allylic oxidation sites excluding steroid dienone is 1. The van der Waals surface area contributed by atoms with Gasteiger partial charge in [0.2, 0.25) is 0 Å². The molecule has 0 aliphatic carbocycles. The molecule has 5 heteroatoms. The molecule has 0 heterocycles. The lowest BCUT2D eigenvalue weighted by Gasteiger charge is -2.28. The van der Waals surface area contributed by atoms with E-state index in [1.54, 1.807) is 25.2 Å². The van der Waals surface area contributed by atoms with E-state index in [9.17, 15) is 0 Å². The molecule has 0 aliphatic heterocycles. The predicted molar refractivity (Wildman–Crippen MR) is 57.6 cm³/mol. The first-order valence-corrected chi connectivity index (χ1v) is 4.61. The molecule has 0 saturated carbocycles. The van der Waals surface area contributed by atoms with Gasteiger partial charge in [-0.15, -0.1) is 0 Å². The van der Waals surface area contributed by atoms with Crippen LogP contribution in [0.4, 0.5) is 0 Å². The molecule has 0 aromatic carbocycles. The first kappa shape index (κ1) is 13.2. The normalized spacial score (nSPS) is 13.1. The second-order valence-corrected chi connectivity index (χ2v) is 4.20. The summed E-state index contributed by atoms with van der Waals surface area (Å²) in [5, 5.41) is 1.58. The van der Waals surface area contributed by atoms with Gasteiger partial charge in [-0.2, -0.15) is 0 Å². The van der Waals surface area contributed by atoms with Gasteiger partial charge in [0.05, 0.1) is 6.61 Å². The zero-order valence-corrected chi connectivity index (χ0v) is 9.50. The maximum atomic E-state index is 5.73. The van der Waals surface area contributed by atoms with Crippen LogP contribution in [0.15, 0.2) is 11.9 Å². The molecule has 0 radical (unpaired) electrons. The second-order valence-electron chi connectivity index (χ2n) is 4.20. The summed E-state index contributed by atoms with van der Waals surface area (Å²) in [5.41, 5.74) is 8.81. The Hall–Kier alpha value is -0.780. The Labute approximate surface area is 86.0 Å². The fourth-order valence-corrected chi connectivity index (χ4v) is 1.11. The summed E-state index contributed by atoms with van der Waals surface area (Å²) in [5.74, 6) is 5.73.